The molecule has 0 aliphatic carbocycles. The molecule has 0 N–H and O–H groups in total. The van der Waals surface area contributed by atoms with Gasteiger partial charge in [0, 0.05) is 18.2 Å². The fourth-order valence-corrected chi connectivity index (χ4v) is 7.03. The SMILES string of the molecule is CCN(C(=O)[C@@H](C)Sc1ncc(-c2ccccc2)n1-c1ccccc1OC)[C@H]1CCS(=O)(=O)C1. The molecule has 1 aliphatic heterocycles. The van der Waals surface area contributed by atoms with E-state index in [1.54, 1.807) is 12.0 Å². The van der Waals surface area contributed by atoms with Crippen LogP contribution in [-0.2, 0) is 14.6 Å². The van der Waals surface area contributed by atoms with E-state index in [9.17, 15) is 13.2 Å². The Labute approximate surface area is 205 Å². The zero-order valence-corrected chi connectivity index (χ0v) is 21.2. The number of hydrogen-bond acceptors (Lipinski definition) is 6. The van der Waals surface area contributed by atoms with Crippen molar-refractivity contribution in [1.29, 1.82) is 0 Å². The Bertz CT molecular complexity index is 1260. The predicted molar refractivity (Wildman–Crippen MR) is 135 cm³/mol. The van der Waals surface area contributed by atoms with Crippen LogP contribution < -0.4 is 4.74 Å². The van der Waals surface area contributed by atoms with Gasteiger partial charge in [0.2, 0.25) is 5.91 Å². The maximum absolute atomic E-state index is 13.4. The number of ether oxygens (including phenoxy) is 1. The Morgan fingerprint density at radius 1 is 1.21 bits per heavy atom. The van der Waals surface area contributed by atoms with Gasteiger partial charge in [-0.15, -0.1) is 0 Å². The number of nitrogens with zero attached hydrogens (tertiary/aromatic N) is 3. The number of amides is 1. The van der Waals surface area contributed by atoms with E-state index in [2.05, 4.69) is 4.98 Å². The van der Waals surface area contributed by atoms with Crippen LogP contribution in [-0.4, -0.2) is 65.2 Å². The number of rotatable bonds is 8. The molecule has 4 rings (SSSR count). The van der Waals surface area contributed by atoms with Gasteiger partial charge in [0.05, 0.1) is 41.4 Å². The van der Waals surface area contributed by atoms with Crippen LogP contribution in [0.3, 0.4) is 0 Å². The summed E-state index contributed by atoms with van der Waals surface area (Å²) in [5.41, 5.74) is 2.72. The number of methoxy groups -OCH3 is 1. The maximum Gasteiger partial charge on any atom is 0.236 e. The predicted octanol–water partition coefficient (Wildman–Crippen LogP) is 4.06. The Balaban J connectivity index is 1.68. The number of hydrogen-bond donors (Lipinski definition) is 0. The van der Waals surface area contributed by atoms with Crippen molar-refractivity contribution in [3.63, 3.8) is 0 Å². The van der Waals surface area contributed by atoms with Crippen LogP contribution in [0.4, 0.5) is 0 Å². The summed E-state index contributed by atoms with van der Waals surface area (Å²) in [6.07, 6.45) is 2.30. The minimum atomic E-state index is -3.08. The van der Waals surface area contributed by atoms with Gasteiger partial charge < -0.3 is 9.64 Å². The molecule has 180 valence electrons. The third-order valence-electron chi connectivity index (χ3n) is 6.03. The summed E-state index contributed by atoms with van der Waals surface area (Å²) in [6.45, 7) is 4.21. The van der Waals surface area contributed by atoms with E-state index in [4.69, 9.17) is 4.74 Å². The highest BCUT2D eigenvalue weighted by molar-refractivity contribution is 8.00. The van der Waals surface area contributed by atoms with Crippen molar-refractivity contribution in [2.45, 2.75) is 36.7 Å². The van der Waals surface area contributed by atoms with Crippen molar-refractivity contribution in [2.75, 3.05) is 25.2 Å². The molecule has 1 aliphatic rings. The Morgan fingerprint density at radius 2 is 1.91 bits per heavy atom. The Morgan fingerprint density at radius 3 is 2.56 bits per heavy atom. The standard InChI is InChI=1S/C25H29N3O4S2/c1-4-27(20-14-15-34(30,31)17-20)24(29)18(2)33-25-26-16-22(19-10-6-5-7-11-19)28(25)21-12-8-9-13-23(21)32-3/h5-13,16,18,20H,4,14-15,17H2,1-3H3/t18-,20+/m1/s1. The van der Waals surface area contributed by atoms with E-state index in [1.165, 1.54) is 11.8 Å². The van der Waals surface area contributed by atoms with Gasteiger partial charge in [-0.05, 0) is 32.4 Å². The Hall–Kier alpha value is -2.78. The summed E-state index contributed by atoms with van der Waals surface area (Å²) in [5, 5.41) is 0.224. The molecule has 9 heteroatoms. The number of aromatic nitrogens is 2. The summed E-state index contributed by atoms with van der Waals surface area (Å²) >= 11 is 1.37. The first-order chi connectivity index (χ1) is 16.3. The zero-order valence-electron chi connectivity index (χ0n) is 19.5. The second kappa shape index (κ2) is 10.2. The summed E-state index contributed by atoms with van der Waals surface area (Å²) < 4.78 is 31.6. The first-order valence-corrected chi connectivity index (χ1v) is 14.0. The average Bonchev–Trinajstić information content (AvgIpc) is 3.42. The molecule has 0 spiro atoms. The summed E-state index contributed by atoms with van der Waals surface area (Å²) in [7, 11) is -1.45. The molecule has 3 aromatic rings. The third-order valence-corrected chi connectivity index (χ3v) is 8.83. The molecular weight excluding hydrogens is 470 g/mol. The molecule has 1 saturated heterocycles. The molecule has 0 unspecified atom stereocenters. The molecule has 1 amide bonds. The van der Waals surface area contributed by atoms with Gasteiger partial charge in [0.15, 0.2) is 15.0 Å². The fraction of sp³-hybridized carbons (Fsp3) is 0.360. The highest BCUT2D eigenvalue weighted by atomic mass is 32.2. The van der Waals surface area contributed by atoms with Gasteiger partial charge >= 0.3 is 0 Å². The molecule has 1 fully saturated rings. The second-order valence-corrected chi connectivity index (χ2v) is 11.8. The maximum atomic E-state index is 13.4. The van der Waals surface area contributed by atoms with Crippen molar-refractivity contribution >= 4 is 27.5 Å². The molecule has 34 heavy (non-hydrogen) atoms. The molecule has 2 aromatic carbocycles. The van der Waals surface area contributed by atoms with Gasteiger partial charge in [-0.1, -0.05) is 54.2 Å². The largest absolute Gasteiger partial charge is 0.495 e. The minimum Gasteiger partial charge on any atom is -0.495 e. The summed E-state index contributed by atoms with van der Waals surface area (Å²) in [4.78, 5) is 19.8. The van der Waals surface area contributed by atoms with Crippen molar-refractivity contribution in [3.8, 4) is 22.7 Å². The van der Waals surface area contributed by atoms with E-state index >= 15 is 0 Å². The minimum absolute atomic E-state index is 0.0396. The van der Waals surface area contributed by atoms with E-state index < -0.39 is 15.1 Å². The number of sulfone groups is 1. The number of para-hydroxylation sites is 2. The highest BCUT2D eigenvalue weighted by Crippen LogP contribution is 2.35. The normalized spacial score (nSPS) is 17.9. The average molecular weight is 500 g/mol. The number of thioether (sulfide) groups is 1. The van der Waals surface area contributed by atoms with Gasteiger partial charge in [-0.25, -0.2) is 13.4 Å². The second-order valence-electron chi connectivity index (χ2n) is 8.24. The first-order valence-electron chi connectivity index (χ1n) is 11.3. The van der Waals surface area contributed by atoms with Crippen LogP contribution in [0.5, 0.6) is 5.75 Å². The number of carbonyl (C=O) groups excluding carboxylic acids is 1. The lowest BCUT2D eigenvalue weighted by Crippen LogP contribution is -2.44. The zero-order chi connectivity index (χ0) is 24.3. The fourth-order valence-electron chi connectivity index (χ4n) is 4.34. The van der Waals surface area contributed by atoms with E-state index in [1.807, 2.05) is 79.2 Å². The van der Waals surface area contributed by atoms with Gasteiger partial charge in [0.25, 0.3) is 0 Å². The lowest BCUT2D eigenvalue weighted by Gasteiger charge is -2.29. The highest BCUT2D eigenvalue weighted by Gasteiger charge is 2.36. The molecule has 2 atom stereocenters. The first kappa shape index (κ1) is 24.3. The van der Waals surface area contributed by atoms with Crippen LogP contribution >= 0.6 is 11.8 Å². The van der Waals surface area contributed by atoms with Crippen LogP contribution in [0.1, 0.15) is 20.3 Å². The third kappa shape index (κ3) is 5.00. The van der Waals surface area contributed by atoms with E-state index in [-0.39, 0.29) is 23.5 Å². The lowest BCUT2D eigenvalue weighted by atomic mass is 10.1. The van der Waals surface area contributed by atoms with E-state index in [0.717, 1.165) is 16.9 Å². The smallest absolute Gasteiger partial charge is 0.236 e. The van der Waals surface area contributed by atoms with Crippen LogP contribution in [0.25, 0.3) is 16.9 Å². The van der Waals surface area contributed by atoms with E-state index in [0.29, 0.717) is 23.9 Å². The number of carbonyl (C=O) groups is 1. The summed E-state index contributed by atoms with van der Waals surface area (Å²) in [5.74, 6) is 0.801. The molecule has 0 bridgehead atoms. The van der Waals surface area contributed by atoms with Crippen LogP contribution in [0, 0.1) is 0 Å². The molecule has 0 radical (unpaired) electrons. The molecule has 2 heterocycles. The Kier molecular flexibility index (Phi) is 7.33. The van der Waals surface area contributed by atoms with Gasteiger partial charge in [-0.2, -0.15) is 0 Å². The topological polar surface area (TPSA) is 81.5 Å². The molecule has 7 nitrogen and oxygen atoms in total. The van der Waals surface area contributed by atoms with Crippen LogP contribution in [0.15, 0.2) is 66.0 Å². The van der Waals surface area contributed by atoms with Crippen molar-refractivity contribution in [3.05, 3.63) is 60.8 Å². The van der Waals surface area contributed by atoms with Crippen molar-refractivity contribution in [1.82, 2.24) is 14.5 Å². The molecular formula is C25H29N3O4S2. The molecule has 0 saturated carbocycles. The number of benzene rings is 2. The summed E-state index contributed by atoms with van der Waals surface area (Å²) in [6, 6.07) is 17.4. The van der Waals surface area contributed by atoms with Crippen molar-refractivity contribution < 1.29 is 17.9 Å². The molecule has 1 aromatic heterocycles. The van der Waals surface area contributed by atoms with Crippen molar-refractivity contribution in [2.24, 2.45) is 0 Å². The van der Waals surface area contributed by atoms with Gasteiger partial charge in [-0.3, -0.25) is 9.36 Å². The lowest BCUT2D eigenvalue weighted by molar-refractivity contribution is -0.131. The quantitative estimate of drug-likeness (QED) is 0.435. The number of imidazole rings is 1. The van der Waals surface area contributed by atoms with Crippen LogP contribution in [0.2, 0.25) is 0 Å². The van der Waals surface area contributed by atoms with Gasteiger partial charge in [0.1, 0.15) is 5.75 Å². The monoisotopic (exact) mass is 499 g/mol.